The summed E-state index contributed by atoms with van der Waals surface area (Å²) in [6, 6.07) is 0. The average Bonchev–Trinajstić information content (AvgIpc) is 3.44. The molecule has 486 valence electrons. The van der Waals surface area contributed by atoms with Crippen LogP contribution in [0.15, 0.2) is 0 Å². The number of carbonyl (C=O) groups excluding carboxylic acids is 4. The molecule has 0 fully saturated rings. The molecule has 0 aromatic heterocycles. The zero-order valence-electron chi connectivity index (χ0n) is 52.6. The lowest BCUT2D eigenvalue weighted by atomic mass is 10.0. The van der Waals surface area contributed by atoms with Crippen LogP contribution in [0.4, 0.5) is 0 Å². The standard InChI is InChI=1S/C63H122O17P2/c1-6-9-12-15-17-28-33-37-42-47-61(66)74-53-59(80-63(68)49-44-39-34-30-27-25-23-21-19-18-20-22-24-26-29-32-36-40-45-56(4)5)55-78-82(71,72)76-51-57(64)50-75-81(69,70)77-54-58(52-73-60(65)46-41-35-14-11-8-3)79-62(67)48-43-38-31-16-13-10-7-2/h56-59,64H,6-55H2,1-5H3,(H,69,70)(H,71,72)/t57-,58+,59+/m0/s1. The molecule has 17 nitrogen and oxygen atoms in total. The summed E-state index contributed by atoms with van der Waals surface area (Å²) < 4.78 is 67.6. The lowest BCUT2D eigenvalue weighted by Gasteiger charge is -2.21. The molecule has 2 unspecified atom stereocenters. The van der Waals surface area contributed by atoms with Gasteiger partial charge in [-0.3, -0.25) is 37.3 Å². The second-order valence-corrected chi connectivity index (χ2v) is 26.2. The van der Waals surface area contributed by atoms with Crippen molar-refractivity contribution in [2.75, 3.05) is 39.6 Å². The van der Waals surface area contributed by atoms with Crippen LogP contribution in [0.5, 0.6) is 0 Å². The summed E-state index contributed by atoms with van der Waals surface area (Å²) in [5.74, 6) is -1.33. The SMILES string of the molecule is CCCCCCCCCCCC(=O)OC[C@H](COP(=O)(O)OC[C@@H](O)COP(=O)(O)OC[C@@H](COC(=O)CCCCCCC)OC(=O)CCCCCCCCC)OC(=O)CCCCCCCCCCCCCCCCCCCCC(C)C. The second kappa shape index (κ2) is 56.8. The lowest BCUT2D eigenvalue weighted by Crippen LogP contribution is -2.30. The maximum absolute atomic E-state index is 13.0. The first kappa shape index (κ1) is 80.1. The number of rotatable bonds is 63. The molecule has 0 aromatic carbocycles. The topological polar surface area (TPSA) is 237 Å². The molecule has 0 aliphatic heterocycles. The zero-order valence-corrected chi connectivity index (χ0v) is 54.4. The van der Waals surface area contributed by atoms with E-state index in [0.29, 0.717) is 25.7 Å². The number of phosphoric acid groups is 2. The van der Waals surface area contributed by atoms with Gasteiger partial charge in [-0.05, 0) is 31.6 Å². The summed E-state index contributed by atoms with van der Waals surface area (Å²) in [5.41, 5.74) is 0. The summed E-state index contributed by atoms with van der Waals surface area (Å²) in [7, 11) is -9.86. The van der Waals surface area contributed by atoms with Gasteiger partial charge in [0, 0.05) is 25.7 Å². The second-order valence-electron chi connectivity index (χ2n) is 23.3. The van der Waals surface area contributed by atoms with Crippen LogP contribution in [0.2, 0.25) is 0 Å². The van der Waals surface area contributed by atoms with Crippen molar-refractivity contribution >= 4 is 39.5 Å². The monoisotopic (exact) mass is 1210 g/mol. The van der Waals surface area contributed by atoms with E-state index >= 15 is 0 Å². The van der Waals surface area contributed by atoms with Crippen LogP contribution in [0.3, 0.4) is 0 Å². The smallest absolute Gasteiger partial charge is 0.462 e. The average molecular weight is 1210 g/mol. The van der Waals surface area contributed by atoms with Crippen molar-refractivity contribution in [3.05, 3.63) is 0 Å². The molecule has 3 N–H and O–H groups in total. The van der Waals surface area contributed by atoms with E-state index < -0.39 is 97.5 Å². The third kappa shape index (κ3) is 57.2. The fraction of sp³-hybridized carbons (Fsp3) is 0.937. The van der Waals surface area contributed by atoms with Gasteiger partial charge in [-0.15, -0.1) is 0 Å². The third-order valence-electron chi connectivity index (χ3n) is 14.5. The summed E-state index contributed by atoms with van der Waals surface area (Å²) in [5, 5.41) is 10.5. The molecule has 0 rings (SSSR count). The van der Waals surface area contributed by atoms with Gasteiger partial charge >= 0.3 is 39.5 Å². The Morgan fingerprint density at radius 1 is 0.329 bits per heavy atom. The summed E-state index contributed by atoms with van der Waals surface area (Å²) >= 11 is 0. The molecule has 0 aliphatic carbocycles. The molecular formula is C63H122O17P2. The highest BCUT2D eigenvalue weighted by Gasteiger charge is 2.30. The summed E-state index contributed by atoms with van der Waals surface area (Å²) in [6.07, 6.45) is 41.0. The Balaban J connectivity index is 5.02. The third-order valence-corrected chi connectivity index (χ3v) is 16.4. The molecule has 5 atom stereocenters. The molecule has 0 aliphatic rings. The van der Waals surface area contributed by atoms with Crippen LogP contribution < -0.4 is 0 Å². The minimum Gasteiger partial charge on any atom is -0.462 e. The van der Waals surface area contributed by atoms with Gasteiger partial charge in [0.05, 0.1) is 26.4 Å². The number of esters is 4. The highest BCUT2D eigenvalue weighted by molar-refractivity contribution is 7.47. The van der Waals surface area contributed by atoms with Gasteiger partial charge < -0.3 is 33.8 Å². The molecular weight excluding hydrogens is 1090 g/mol. The molecule has 0 saturated carbocycles. The molecule has 0 amide bonds. The zero-order chi connectivity index (χ0) is 60.6. The molecule has 0 aromatic rings. The van der Waals surface area contributed by atoms with Crippen LogP contribution in [-0.2, 0) is 65.4 Å². The van der Waals surface area contributed by atoms with E-state index in [0.717, 1.165) is 115 Å². The van der Waals surface area contributed by atoms with Crippen molar-refractivity contribution in [3.8, 4) is 0 Å². The lowest BCUT2D eigenvalue weighted by molar-refractivity contribution is -0.161. The van der Waals surface area contributed by atoms with Crippen molar-refractivity contribution in [2.45, 2.75) is 335 Å². The quantitative estimate of drug-likeness (QED) is 0.0222. The van der Waals surface area contributed by atoms with E-state index in [4.69, 9.17) is 37.0 Å². The molecule has 0 radical (unpaired) electrons. The van der Waals surface area contributed by atoms with Gasteiger partial charge in [0.15, 0.2) is 12.2 Å². The van der Waals surface area contributed by atoms with E-state index in [1.54, 1.807) is 0 Å². The molecule has 0 spiro atoms. The van der Waals surface area contributed by atoms with Crippen LogP contribution in [-0.4, -0.2) is 96.7 Å². The number of hydrogen-bond donors (Lipinski definition) is 3. The first-order chi connectivity index (χ1) is 39.5. The Bertz CT molecular complexity index is 1600. The fourth-order valence-electron chi connectivity index (χ4n) is 9.41. The van der Waals surface area contributed by atoms with Gasteiger partial charge in [0.25, 0.3) is 0 Å². The predicted molar refractivity (Wildman–Crippen MR) is 326 cm³/mol. The van der Waals surface area contributed by atoms with E-state index in [1.165, 1.54) is 122 Å². The van der Waals surface area contributed by atoms with Crippen molar-refractivity contribution in [1.82, 2.24) is 0 Å². The van der Waals surface area contributed by atoms with Crippen LogP contribution in [0.1, 0.15) is 317 Å². The van der Waals surface area contributed by atoms with Crippen molar-refractivity contribution in [2.24, 2.45) is 5.92 Å². The number of phosphoric ester groups is 2. The minimum absolute atomic E-state index is 0.103. The number of aliphatic hydroxyl groups excluding tert-OH is 1. The van der Waals surface area contributed by atoms with Crippen molar-refractivity contribution < 1.29 is 80.2 Å². The van der Waals surface area contributed by atoms with Gasteiger partial charge in [-0.25, -0.2) is 9.13 Å². The first-order valence-electron chi connectivity index (χ1n) is 33.1. The largest absolute Gasteiger partial charge is 0.472 e. The Labute approximate surface area is 498 Å². The fourth-order valence-corrected chi connectivity index (χ4v) is 11.0. The van der Waals surface area contributed by atoms with Gasteiger partial charge in [0.1, 0.15) is 19.3 Å². The van der Waals surface area contributed by atoms with Crippen molar-refractivity contribution in [3.63, 3.8) is 0 Å². The maximum atomic E-state index is 13.0. The van der Waals surface area contributed by atoms with E-state index in [9.17, 15) is 43.2 Å². The Morgan fingerprint density at radius 2 is 0.561 bits per heavy atom. The summed E-state index contributed by atoms with van der Waals surface area (Å²) in [4.78, 5) is 71.7. The maximum Gasteiger partial charge on any atom is 0.472 e. The Morgan fingerprint density at radius 3 is 0.829 bits per heavy atom. The number of ether oxygens (including phenoxy) is 4. The number of hydrogen-bond acceptors (Lipinski definition) is 15. The normalized spacial score (nSPS) is 14.3. The Kier molecular flexibility index (Phi) is 55.5. The number of unbranched alkanes of at least 4 members (excludes halogenated alkanes) is 35. The van der Waals surface area contributed by atoms with Crippen LogP contribution >= 0.6 is 15.6 Å². The van der Waals surface area contributed by atoms with Crippen LogP contribution in [0.25, 0.3) is 0 Å². The van der Waals surface area contributed by atoms with Crippen molar-refractivity contribution in [1.29, 1.82) is 0 Å². The van der Waals surface area contributed by atoms with Gasteiger partial charge in [-0.2, -0.15) is 0 Å². The predicted octanol–water partition coefficient (Wildman–Crippen LogP) is 17.4. The first-order valence-corrected chi connectivity index (χ1v) is 36.1. The highest BCUT2D eigenvalue weighted by Crippen LogP contribution is 2.45. The van der Waals surface area contributed by atoms with Gasteiger partial charge in [0.2, 0.25) is 0 Å². The number of carbonyl (C=O) groups is 4. The molecule has 19 heteroatoms. The minimum atomic E-state index is -4.94. The number of aliphatic hydroxyl groups is 1. The highest BCUT2D eigenvalue weighted by atomic mass is 31.2. The van der Waals surface area contributed by atoms with Gasteiger partial charge in [-0.1, -0.05) is 266 Å². The van der Waals surface area contributed by atoms with E-state index in [-0.39, 0.29) is 25.7 Å². The summed E-state index contributed by atoms with van der Waals surface area (Å²) in [6.45, 7) is 7.07. The van der Waals surface area contributed by atoms with Crippen LogP contribution in [0, 0.1) is 5.92 Å². The van der Waals surface area contributed by atoms with E-state index in [1.807, 2.05) is 0 Å². The molecule has 0 heterocycles. The van der Waals surface area contributed by atoms with E-state index in [2.05, 4.69) is 34.6 Å². The molecule has 82 heavy (non-hydrogen) atoms. The molecule has 0 saturated heterocycles. The Hall–Kier alpha value is -1.94. The molecule has 0 bridgehead atoms.